The summed E-state index contributed by atoms with van der Waals surface area (Å²) in [5, 5.41) is 27.1. The maximum atomic E-state index is 12.0. The van der Waals surface area contributed by atoms with E-state index in [1.54, 1.807) is 17.7 Å². The van der Waals surface area contributed by atoms with E-state index in [0.717, 1.165) is 16.7 Å². The number of nitrogens with zero attached hydrogens (tertiary/aromatic N) is 4. The third-order valence-corrected chi connectivity index (χ3v) is 6.71. The van der Waals surface area contributed by atoms with Crippen LogP contribution in [0.3, 0.4) is 0 Å². The topological polar surface area (TPSA) is 146 Å². The number of phenolic OH excluding ortho intramolecular Hbond substituents is 1. The zero-order valence-corrected chi connectivity index (χ0v) is 20.7. The molecule has 2 amide bonds. The normalized spacial score (nSPS) is 15.0. The number of hydrogen-bond donors (Lipinski definition) is 3. The highest BCUT2D eigenvalue weighted by atomic mass is 16.5. The Morgan fingerprint density at radius 1 is 1.22 bits per heavy atom. The number of carbonyl (C=O) groups is 2. The summed E-state index contributed by atoms with van der Waals surface area (Å²) >= 11 is 0. The van der Waals surface area contributed by atoms with E-state index in [0.29, 0.717) is 32.5 Å². The van der Waals surface area contributed by atoms with Crippen molar-refractivity contribution in [3.05, 3.63) is 65.9 Å². The van der Waals surface area contributed by atoms with Gasteiger partial charge in [0.1, 0.15) is 11.3 Å². The molecule has 1 aromatic heterocycles. The lowest BCUT2D eigenvalue weighted by Crippen LogP contribution is -2.46. The molecule has 1 aliphatic rings. The van der Waals surface area contributed by atoms with Gasteiger partial charge in [0.25, 0.3) is 5.91 Å². The molecule has 4 N–H and O–H groups in total. The lowest BCUT2D eigenvalue weighted by atomic mass is 9.84. The molecule has 0 spiro atoms. The number of likely N-dealkylation sites (tertiary alicyclic amines) is 1. The van der Waals surface area contributed by atoms with E-state index < -0.39 is 17.5 Å². The number of phenols is 1. The van der Waals surface area contributed by atoms with Crippen LogP contribution in [0.15, 0.2) is 54.7 Å². The van der Waals surface area contributed by atoms with Gasteiger partial charge < -0.3 is 15.6 Å². The molecule has 0 radical (unpaired) electrons. The summed E-state index contributed by atoms with van der Waals surface area (Å²) in [5.41, 5.74) is 7.65. The molecule has 0 atom stereocenters. The summed E-state index contributed by atoms with van der Waals surface area (Å²) in [6, 6.07) is 17.7. The van der Waals surface area contributed by atoms with Crippen LogP contribution in [-0.4, -0.2) is 51.5 Å². The zero-order valence-electron chi connectivity index (χ0n) is 20.7. The Kier molecular flexibility index (Phi) is 7.74. The number of carbonyl (C=O) groups excluding carboxylic acids is 2. The Labute approximate surface area is 215 Å². The van der Waals surface area contributed by atoms with Crippen molar-refractivity contribution in [2.45, 2.75) is 38.3 Å². The molecule has 0 aliphatic carbocycles. The quantitative estimate of drug-likeness (QED) is 0.424. The number of nitriles is 1. The molecule has 2 aromatic carbocycles. The van der Waals surface area contributed by atoms with Crippen LogP contribution in [0.4, 0.5) is 10.6 Å². The van der Waals surface area contributed by atoms with Crippen molar-refractivity contribution >= 4 is 17.8 Å². The van der Waals surface area contributed by atoms with Gasteiger partial charge >= 0.3 is 6.09 Å². The zero-order chi connectivity index (χ0) is 26.4. The van der Waals surface area contributed by atoms with E-state index in [9.17, 15) is 20.0 Å². The SMILES string of the molecule is CCOC(=O)Nc1nn(C2(CC#N)CCN(Cc3ccc(-c4ccccc4)c(O)c3)CC2)cc1C(N)=O. The van der Waals surface area contributed by atoms with Gasteiger partial charge in [-0.1, -0.05) is 42.5 Å². The molecule has 1 fully saturated rings. The number of amides is 2. The van der Waals surface area contributed by atoms with Crippen molar-refractivity contribution in [3.8, 4) is 22.9 Å². The van der Waals surface area contributed by atoms with Gasteiger partial charge in [0.05, 0.1) is 24.6 Å². The second-order valence-corrected chi connectivity index (χ2v) is 9.10. The summed E-state index contributed by atoms with van der Waals surface area (Å²) in [5.74, 6) is -0.488. The van der Waals surface area contributed by atoms with E-state index in [1.807, 2.05) is 42.5 Å². The minimum absolute atomic E-state index is 0.0136. The Bertz CT molecular complexity index is 1310. The number of rotatable bonds is 8. The van der Waals surface area contributed by atoms with Crippen LogP contribution in [0.1, 0.15) is 42.1 Å². The lowest BCUT2D eigenvalue weighted by Gasteiger charge is -2.40. The van der Waals surface area contributed by atoms with Crippen LogP contribution in [0.5, 0.6) is 5.75 Å². The smallest absolute Gasteiger partial charge is 0.412 e. The van der Waals surface area contributed by atoms with Gasteiger partial charge in [-0.3, -0.25) is 19.7 Å². The predicted octanol–water partition coefficient (Wildman–Crippen LogP) is 3.83. The molecule has 3 aromatic rings. The van der Waals surface area contributed by atoms with Crippen LogP contribution in [-0.2, 0) is 16.8 Å². The molecular weight excluding hydrogens is 472 g/mol. The van der Waals surface area contributed by atoms with Crippen LogP contribution in [0.2, 0.25) is 0 Å². The van der Waals surface area contributed by atoms with Crippen LogP contribution >= 0.6 is 0 Å². The number of piperidine rings is 1. The minimum atomic E-state index is -0.735. The van der Waals surface area contributed by atoms with Crippen molar-refractivity contribution in [2.75, 3.05) is 25.0 Å². The molecule has 10 heteroatoms. The van der Waals surface area contributed by atoms with Gasteiger partial charge in [-0.15, -0.1) is 0 Å². The van der Waals surface area contributed by atoms with Gasteiger partial charge in [-0.25, -0.2) is 4.79 Å². The molecule has 37 heavy (non-hydrogen) atoms. The van der Waals surface area contributed by atoms with Gasteiger partial charge in [-0.2, -0.15) is 10.4 Å². The Hall–Kier alpha value is -4.36. The Morgan fingerprint density at radius 3 is 2.57 bits per heavy atom. The van der Waals surface area contributed by atoms with E-state index >= 15 is 0 Å². The monoisotopic (exact) mass is 502 g/mol. The summed E-state index contributed by atoms with van der Waals surface area (Å²) in [6.45, 7) is 3.83. The first-order chi connectivity index (χ1) is 17.8. The van der Waals surface area contributed by atoms with E-state index in [1.165, 1.54) is 6.20 Å². The fraction of sp³-hybridized carbons (Fsp3) is 0.333. The summed E-state index contributed by atoms with van der Waals surface area (Å²) in [6.07, 6.45) is 2.16. The second-order valence-electron chi connectivity index (χ2n) is 9.10. The fourth-order valence-corrected chi connectivity index (χ4v) is 4.71. The standard InChI is InChI=1S/C27H30N6O4/c1-2-37-26(36)30-25-22(24(29)35)18-33(31-25)27(10-13-28)11-14-32(15-12-27)17-19-8-9-21(23(34)16-19)20-6-4-3-5-7-20/h3-9,16,18,34H,2,10-12,14-15,17H2,1H3,(H2,29,35)(H,30,31,36). The number of benzene rings is 2. The first kappa shape index (κ1) is 25.7. The molecule has 2 heterocycles. The van der Waals surface area contributed by atoms with Gasteiger partial charge in [0.2, 0.25) is 0 Å². The predicted molar refractivity (Wildman–Crippen MR) is 138 cm³/mol. The highest BCUT2D eigenvalue weighted by molar-refractivity contribution is 6.00. The number of hydrogen-bond acceptors (Lipinski definition) is 7. The summed E-state index contributed by atoms with van der Waals surface area (Å²) in [4.78, 5) is 26.2. The third-order valence-electron chi connectivity index (χ3n) is 6.71. The number of aromatic nitrogens is 2. The molecular formula is C27H30N6O4. The average Bonchev–Trinajstić information content (AvgIpc) is 3.31. The number of aromatic hydroxyl groups is 1. The molecule has 0 bridgehead atoms. The Balaban J connectivity index is 1.48. The van der Waals surface area contributed by atoms with Crippen LogP contribution in [0, 0.1) is 11.3 Å². The summed E-state index contributed by atoms with van der Waals surface area (Å²) < 4.78 is 6.48. The number of anilines is 1. The fourth-order valence-electron chi connectivity index (χ4n) is 4.71. The number of nitrogens with one attached hydrogen (secondary N) is 1. The van der Waals surface area contributed by atoms with Crippen molar-refractivity contribution < 1.29 is 19.4 Å². The Morgan fingerprint density at radius 2 is 1.95 bits per heavy atom. The maximum Gasteiger partial charge on any atom is 0.412 e. The highest BCUT2D eigenvalue weighted by Crippen LogP contribution is 2.36. The molecule has 1 saturated heterocycles. The molecule has 10 nitrogen and oxygen atoms in total. The van der Waals surface area contributed by atoms with Crippen LogP contribution in [0.25, 0.3) is 11.1 Å². The van der Waals surface area contributed by atoms with E-state index in [4.69, 9.17) is 10.5 Å². The largest absolute Gasteiger partial charge is 0.507 e. The lowest BCUT2D eigenvalue weighted by molar-refractivity contribution is 0.0966. The number of primary amides is 1. The third kappa shape index (κ3) is 5.73. The molecule has 192 valence electrons. The van der Waals surface area contributed by atoms with Gasteiger partial charge in [-0.05, 0) is 37.0 Å². The van der Waals surface area contributed by atoms with E-state index in [2.05, 4.69) is 21.4 Å². The average molecular weight is 503 g/mol. The van der Waals surface area contributed by atoms with Gasteiger partial charge in [0.15, 0.2) is 5.82 Å². The minimum Gasteiger partial charge on any atom is -0.507 e. The van der Waals surface area contributed by atoms with E-state index in [-0.39, 0.29) is 30.2 Å². The van der Waals surface area contributed by atoms with Crippen molar-refractivity contribution in [3.63, 3.8) is 0 Å². The van der Waals surface area contributed by atoms with Crippen LogP contribution < -0.4 is 11.1 Å². The number of nitrogens with two attached hydrogens (primary N) is 1. The van der Waals surface area contributed by atoms with Crippen molar-refractivity contribution in [1.82, 2.24) is 14.7 Å². The second kappa shape index (κ2) is 11.1. The first-order valence-corrected chi connectivity index (χ1v) is 12.2. The molecule has 1 aliphatic heterocycles. The highest BCUT2D eigenvalue weighted by Gasteiger charge is 2.38. The maximum absolute atomic E-state index is 12.0. The molecule has 0 unspecified atom stereocenters. The molecule has 4 rings (SSSR count). The van der Waals surface area contributed by atoms with Crippen molar-refractivity contribution in [2.24, 2.45) is 5.73 Å². The number of ether oxygens (including phenoxy) is 1. The van der Waals surface area contributed by atoms with Crippen molar-refractivity contribution in [1.29, 1.82) is 5.26 Å². The summed E-state index contributed by atoms with van der Waals surface area (Å²) in [7, 11) is 0. The van der Waals surface area contributed by atoms with Gasteiger partial charge in [0, 0.05) is 31.4 Å². The first-order valence-electron chi connectivity index (χ1n) is 12.2. The molecule has 0 saturated carbocycles.